The largest absolute Gasteiger partial charge is 0.311 e. The van der Waals surface area contributed by atoms with Gasteiger partial charge in [-0.2, -0.15) is 0 Å². The first kappa shape index (κ1) is 38.2. The first-order valence-corrected chi connectivity index (χ1v) is 23.1. The number of allylic oxidation sites excluding steroid dienone is 3. The zero-order valence-electron chi connectivity index (χ0n) is 36.4. The normalized spacial score (nSPS) is 18.6. The van der Waals surface area contributed by atoms with Crippen LogP contribution in [-0.2, 0) is 10.8 Å². The van der Waals surface area contributed by atoms with E-state index >= 15 is 0 Å². The molecule has 0 aliphatic heterocycles. The van der Waals surface area contributed by atoms with Gasteiger partial charge in [0, 0.05) is 23.0 Å². The van der Waals surface area contributed by atoms with E-state index in [0.29, 0.717) is 0 Å². The van der Waals surface area contributed by atoms with Gasteiger partial charge >= 0.3 is 0 Å². The number of benzene rings is 10. The summed E-state index contributed by atoms with van der Waals surface area (Å²) in [6.07, 6.45) is 7.39. The van der Waals surface area contributed by atoms with Crippen LogP contribution in [0.3, 0.4) is 0 Å². The van der Waals surface area contributed by atoms with Gasteiger partial charge in [0.05, 0.1) is 10.8 Å². The molecule has 3 atom stereocenters. The maximum absolute atomic E-state index is 2.54. The summed E-state index contributed by atoms with van der Waals surface area (Å²) in [6.45, 7) is 0. The third-order valence-corrected chi connectivity index (χ3v) is 14.7. The Hall–Kier alpha value is -8.26. The minimum absolute atomic E-state index is 0.0250. The van der Waals surface area contributed by atoms with E-state index in [-0.39, 0.29) is 5.92 Å². The average molecular weight is 840 g/mol. The fourth-order valence-electron chi connectivity index (χ4n) is 11.9. The molecule has 0 fully saturated rings. The Balaban J connectivity index is 1.02. The summed E-state index contributed by atoms with van der Waals surface area (Å²) >= 11 is 0. The molecule has 0 bridgehead atoms. The third kappa shape index (κ3) is 5.60. The van der Waals surface area contributed by atoms with E-state index in [1.807, 2.05) is 0 Å². The van der Waals surface area contributed by atoms with Crippen molar-refractivity contribution in [1.29, 1.82) is 0 Å². The molecule has 0 saturated carbocycles. The van der Waals surface area contributed by atoms with Crippen molar-refractivity contribution in [3.8, 4) is 33.4 Å². The van der Waals surface area contributed by atoms with Crippen LogP contribution in [0.1, 0.15) is 38.9 Å². The smallest absolute Gasteiger partial charge is 0.0719 e. The molecule has 0 N–H and O–H groups in total. The fourth-order valence-corrected chi connectivity index (χ4v) is 11.9. The molecule has 10 aromatic carbocycles. The van der Waals surface area contributed by atoms with Crippen LogP contribution in [0.15, 0.2) is 273 Å². The van der Waals surface area contributed by atoms with Crippen LogP contribution >= 0.6 is 0 Å². The Morgan fingerprint density at radius 2 is 0.864 bits per heavy atom. The molecule has 0 heterocycles. The first-order chi connectivity index (χ1) is 32.7. The van der Waals surface area contributed by atoms with Crippen LogP contribution in [0.2, 0.25) is 0 Å². The van der Waals surface area contributed by atoms with E-state index in [1.165, 1.54) is 83.1 Å². The minimum atomic E-state index is -0.551. The van der Waals surface area contributed by atoms with Crippen molar-refractivity contribution >= 4 is 22.1 Å². The van der Waals surface area contributed by atoms with Gasteiger partial charge in [0.25, 0.3) is 0 Å². The predicted molar refractivity (Wildman–Crippen MR) is 274 cm³/mol. The Bertz CT molecular complexity index is 3510. The zero-order chi connectivity index (χ0) is 43.7. The Kier molecular flexibility index (Phi) is 8.79. The topological polar surface area (TPSA) is 3.24 Å². The Morgan fingerprint density at radius 3 is 1.58 bits per heavy atom. The van der Waals surface area contributed by atoms with E-state index in [1.54, 1.807) is 0 Å². The second-order valence-electron chi connectivity index (χ2n) is 17.9. The monoisotopic (exact) mass is 839 g/mol. The molecule has 3 aliphatic carbocycles. The lowest BCUT2D eigenvalue weighted by Gasteiger charge is -2.51. The highest BCUT2D eigenvalue weighted by atomic mass is 15.1. The molecule has 10 aromatic rings. The molecule has 0 amide bonds. The molecular weight excluding hydrogens is 795 g/mol. The molecular formula is C65H45N. The van der Waals surface area contributed by atoms with Crippen molar-refractivity contribution in [2.75, 3.05) is 4.90 Å². The van der Waals surface area contributed by atoms with Crippen molar-refractivity contribution in [3.05, 3.63) is 312 Å². The number of anilines is 2. The summed E-state index contributed by atoms with van der Waals surface area (Å²) in [5.74, 6) is -0.0250. The predicted octanol–water partition coefficient (Wildman–Crippen LogP) is 16.1. The van der Waals surface area contributed by atoms with Crippen LogP contribution in [0.4, 0.5) is 11.4 Å². The average Bonchev–Trinajstić information content (AvgIpc) is 4.00. The quantitative estimate of drug-likeness (QED) is 0.147. The van der Waals surface area contributed by atoms with Crippen molar-refractivity contribution in [2.24, 2.45) is 5.92 Å². The highest BCUT2D eigenvalue weighted by Gasteiger charge is 2.58. The van der Waals surface area contributed by atoms with Crippen LogP contribution in [0.25, 0.3) is 44.2 Å². The van der Waals surface area contributed by atoms with E-state index in [4.69, 9.17) is 0 Å². The summed E-state index contributed by atoms with van der Waals surface area (Å²) in [5, 5.41) is 2.50. The Labute approximate surface area is 386 Å². The maximum Gasteiger partial charge on any atom is 0.0719 e. The van der Waals surface area contributed by atoms with Crippen molar-refractivity contribution in [2.45, 2.75) is 10.8 Å². The lowest BCUT2D eigenvalue weighted by Crippen LogP contribution is -2.46. The summed E-state index contributed by atoms with van der Waals surface area (Å²) in [7, 11) is 0. The van der Waals surface area contributed by atoms with Crippen LogP contribution in [0, 0.1) is 5.92 Å². The molecule has 1 nitrogen and oxygen atoms in total. The number of fused-ring (bicyclic) bond motifs is 6. The van der Waals surface area contributed by atoms with Gasteiger partial charge < -0.3 is 4.90 Å². The van der Waals surface area contributed by atoms with E-state index < -0.39 is 10.8 Å². The van der Waals surface area contributed by atoms with E-state index in [0.717, 1.165) is 17.1 Å². The second kappa shape index (κ2) is 15.2. The highest BCUT2D eigenvalue weighted by molar-refractivity contribution is 5.92. The number of nitrogens with zero attached hydrogens (tertiary/aromatic N) is 1. The van der Waals surface area contributed by atoms with Gasteiger partial charge in [-0.05, 0) is 120 Å². The molecule has 0 radical (unpaired) electrons. The number of hydrogen-bond donors (Lipinski definition) is 0. The molecule has 0 spiro atoms. The van der Waals surface area contributed by atoms with Gasteiger partial charge in [-0.15, -0.1) is 0 Å². The molecule has 0 saturated heterocycles. The molecule has 66 heavy (non-hydrogen) atoms. The number of hydrogen-bond acceptors (Lipinski definition) is 1. The van der Waals surface area contributed by atoms with Crippen LogP contribution < -0.4 is 4.90 Å². The third-order valence-electron chi connectivity index (χ3n) is 14.7. The minimum Gasteiger partial charge on any atom is -0.311 e. The fraction of sp³-hybridized carbons (Fsp3) is 0.0462. The van der Waals surface area contributed by atoms with Gasteiger partial charge in [-0.3, -0.25) is 0 Å². The summed E-state index contributed by atoms with van der Waals surface area (Å²) in [4.78, 5) is 2.45. The molecule has 3 aliphatic rings. The van der Waals surface area contributed by atoms with Gasteiger partial charge in [0.15, 0.2) is 0 Å². The van der Waals surface area contributed by atoms with Crippen molar-refractivity contribution in [1.82, 2.24) is 0 Å². The van der Waals surface area contributed by atoms with Crippen molar-refractivity contribution < 1.29 is 0 Å². The zero-order valence-corrected chi connectivity index (χ0v) is 36.4. The SMILES string of the molecule is C1=CC(C2(c3ccccc3)c3ccccc3C3(c4ccccc4)c4ccccc4-c4cccc2c43)C=C1N(c1ccc(-c2ccccc2)cc1)c1ccc(-c2ccc3ccccc3c2)cc1. The summed E-state index contributed by atoms with van der Waals surface area (Å²) in [6, 6.07) is 92.4. The molecule has 0 aromatic heterocycles. The molecule has 310 valence electrons. The maximum atomic E-state index is 2.54. The summed E-state index contributed by atoms with van der Waals surface area (Å²) < 4.78 is 0. The van der Waals surface area contributed by atoms with Gasteiger partial charge in [0.2, 0.25) is 0 Å². The van der Waals surface area contributed by atoms with Crippen molar-refractivity contribution in [3.63, 3.8) is 0 Å². The Morgan fingerprint density at radius 1 is 0.348 bits per heavy atom. The van der Waals surface area contributed by atoms with E-state index in [9.17, 15) is 0 Å². The standard InChI is InChI=1S/C65H45N/c1-4-17-45(18-5-1)47-33-38-54(39-34-47)66(55-40-35-48(36-41-55)50-32-31-46-19-10-11-20-49(46)43-50)56-42-37-53(44-56)64(51-21-6-2-7-22-51)60-28-14-15-29-61(60)65(52-23-8-3-9-24-52)59-27-13-12-25-57(59)58-26-16-30-62(64)63(58)65/h1-44,53H. The van der Waals surface area contributed by atoms with E-state index in [2.05, 4.69) is 272 Å². The lowest BCUT2D eigenvalue weighted by molar-refractivity contribution is 0.488. The number of rotatable bonds is 8. The van der Waals surface area contributed by atoms with Gasteiger partial charge in [-0.1, -0.05) is 231 Å². The first-order valence-electron chi connectivity index (χ1n) is 23.1. The van der Waals surface area contributed by atoms with Crippen LogP contribution in [0.5, 0.6) is 0 Å². The van der Waals surface area contributed by atoms with Gasteiger partial charge in [-0.25, -0.2) is 0 Å². The van der Waals surface area contributed by atoms with Crippen LogP contribution in [-0.4, -0.2) is 0 Å². The summed E-state index contributed by atoms with van der Waals surface area (Å²) in [5.41, 5.74) is 19.2. The molecule has 1 heteroatoms. The lowest BCUT2D eigenvalue weighted by atomic mass is 9.50. The highest BCUT2D eigenvalue weighted by Crippen LogP contribution is 2.66. The molecule has 13 rings (SSSR count). The molecule has 3 unspecified atom stereocenters. The van der Waals surface area contributed by atoms with Gasteiger partial charge in [0.1, 0.15) is 0 Å². The second-order valence-corrected chi connectivity index (χ2v) is 17.9.